The molecule has 1 aliphatic heterocycles. The van der Waals surface area contributed by atoms with Crippen molar-refractivity contribution in [3.63, 3.8) is 0 Å². The van der Waals surface area contributed by atoms with E-state index in [0.29, 0.717) is 24.2 Å². The van der Waals surface area contributed by atoms with E-state index in [0.717, 1.165) is 13.1 Å². The molecule has 0 aromatic carbocycles. The Hall–Kier alpha value is -0.570. The van der Waals surface area contributed by atoms with Crippen LogP contribution in [0.1, 0.15) is 34.1 Å². The number of nitrogens with zero attached hydrogens (tertiary/aromatic N) is 1. The molecule has 0 bridgehead atoms. The van der Waals surface area contributed by atoms with Crippen molar-refractivity contribution in [2.75, 3.05) is 13.1 Å². The molecule has 0 radical (unpaired) electrons. The van der Waals surface area contributed by atoms with Crippen LogP contribution in [0.5, 0.6) is 0 Å². The number of nitrogens with two attached hydrogens (primary N) is 1. The molecule has 1 unspecified atom stereocenters. The molecule has 3 nitrogen and oxygen atoms in total. The number of rotatable bonds is 4. The van der Waals surface area contributed by atoms with Gasteiger partial charge in [-0.05, 0) is 17.8 Å². The molecule has 1 amide bonds. The first-order chi connectivity index (χ1) is 6.91. The van der Waals surface area contributed by atoms with Gasteiger partial charge < -0.3 is 10.6 Å². The van der Waals surface area contributed by atoms with E-state index >= 15 is 0 Å². The van der Waals surface area contributed by atoms with E-state index < -0.39 is 0 Å². The van der Waals surface area contributed by atoms with Crippen molar-refractivity contribution < 1.29 is 4.79 Å². The van der Waals surface area contributed by atoms with Crippen LogP contribution in [0.15, 0.2) is 0 Å². The summed E-state index contributed by atoms with van der Waals surface area (Å²) in [5.41, 5.74) is 5.78. The highest BCUT2D eigenvalue weighted by atomic mass is 16.2. The van der Waals surface area contributed by atoms with Crippen LogP contribution in [-0.4, -0.2) is 29.9 Å². The normalized spacial score (nSPS) is 22.5. The summed E-state index contributed by atoms with van der Waals surface area (Å²) in [6, 6.07) is 0.0532. The summed E-state index contributed by atoms with van der Waals surface area (Å²) < 4.78 is 0. The van der Waals surface area contributed by atoms with Gasteiger partial charge in [0.05, 0.1) is 0 Å². The molecule has 0 spiro atoms. The van der Waals surface area contributed by atoms with Crippen molar-refractivity contribution in [3.05, 3.63) is 0 Å². The van der Waals surface area contributed by atoms with Crippen LogP contribution in [0.2, 0.25) is 0 Å². The van der Waals surface area contributed by atoms with Crippen LogP contribution in [-0.2, 0) is 4.79 Å². The zero-order valence-corrected chi connectivity index (χ0v) is 10.4. The Labute approximate surface area is 93.0 Å². The third-order valence-corrected chi connectivity index (χ3v) is 3.39. The van der Waals surface area contributed by atoms with Gasteiger partial charge in [-0.25, -0.2) is 0 Å². The second-order valence-electron chi connectivity index (χ2n) is 5.41. The molecule has 1 heterocycles. The molecule has 1 rings (SSSR count). The fourth-order valence-corrected chi connectivity index (χ4v) is 2.43. The molecule has 1 fully saturated rings. The Kier molecular flexibility index (Phi) is 4.14. The summed E-state index contributed by atoms with van der Waals surface area (Å²) in [6.45, 7) is 10.5. The van der Waals surface area contributed by atoms with Crippen molar-refractivity contribution in [2.24, 2.45) is 23.5 Å². The van der Waals surface area contributed by atoms with Crippen molar-refractivity contribution in [1.29, 1.82) is 0 Å². The fourth-order valence-electron chi connectivity index (χ4n) is 2.43. The van der Waals surface area contributed by atoms with Gasteiger partial charge in [0, 0.05) is 25.6 Å². The van der Waals surface area contributed by atoms with E-state index in [4.69, 9.17) is 5.73 Å². The Bertz CT molecular complexity index is 218. The van der Waals surface area contributed by atoms with Crippen LogP contribution >= 0.6 is 0 Å². The minimum absolute atomic E-state index is 0.0532. The van der Waals surface area contributed by atoms with E-state index in [1.165, 1.54) is 0 Å². The predicted molar refractivity (Wildman–Crippen MR) is 62.3 cm³/mol. The molecule has 0 aliphatic carbocycles. The molecule has 1 atom stereocenters. The second-order valence-corrected chi connectivity index (χ2v) is 5.41. The van der Waals surface area contributed by atoms with E-state index in [2.05, 4.69) is 27.7 Å². The molecule has 1 aliphatic rings. The maximum absolute atomic E-state index is 11.6. The quantitative estimate of drug-likeness (QED) is 0.767. The van der Waals surface area contributed by atoms with Crippen LogP contribution < -0.4 is 5.73 Å². The maximum Gasteiger partial charge on any atom is 0.224 e. The lowest BCUT2D eigenvalue weighted by molar-refractivity contribution is -0.128. The predicted octanol–water partition coefficient (Wildman–Crippen LogP) is 1.47. The Morgan fingerprint density at radius 1 is 1.33 bits per heavy atom. The van der Waals surface area contributed by atoms with Gasteiger partial charge in [0.2, 0.25) is 5.91 Å². The number of likely N-dealkylation sites (tertiary alicyclic amines) is 1. The molecule has 88 valence electrons. The molecule has 1 saturated heterocycles. The average Bonchev–Trinajstić information content (AvgIpc) is 2.39. The molecule has 15 heavy (non-hydrogen) atoms. The molecular weight excluding hydrogens is 188 g/mol. The first-order valence-electron chi connectivity index (χ1n) is 5.95. The molecule has 0 aromatic rings. The largest absolute Gasteiger partial charge is 0.341 e. The zero-order chi connectivity index (χ0) is 11.6. The van der Waals surface area contributed by atoms with Gasteiger partial charge in [0.1, 0.15) is 0 Å². The van der Waals surface area contributed by atoms with Crippen molar-refractivity contribution in [3.8, 4) is 0 Å². The molecular formula is C12H24N2O. The third-order valence-electron chi connectivity index (χ3n) is 3.39. The van der Waals surface area contributed by atoms with E-state index in [1.54, 1.807) is 0 Å². The Morgan fingerprint density at radius 3 is 2.20 bits per heavy atom. The summed E-state index contributed by atoms with van der Waals surface area (Å²) >= 11 is 0. The number of carbonyl (C=O) groups excluding carboxylic acids is 1. The third kappa shape index (κ3) is 3.20. The number of amides is 1. The number of hydrogen-bond acceptors (Lipinski definition) is 2. The number of hydrogen-bond donors (Lipinski definition) is 1. The van der Waals surface area contributed by atoms with Gasteiger partial charge in [-0.15, -0.1) is 0 Å². The highest BCUT2D eigenvalue weighted by molar-refractivity contribution is 5.79. The summed E-state index contributed by atoms with van der Waals surface area (Å²) in [7, 11) is 0. The van der Waals surface area contributed by atoms with Gasteiger partial charge in [0.15, 0.2) is 0 Å². The summed E-state index contributed by atoms with van der Waals surface area (Å²) in [4.78, 5) is 13.6. The van der Waals surface area contributed by atoms with Gasteiger partial charge in [-0.1, -0.05) is 27.7 Å². The lowest BCUT2D eigenvalue weighted by Gasteiger charge is -2.29. The van der Waals surface area contributed by atoms with E-state index in [9.17, 15) is 4.79 Å². The topological polar surface area (TPSA) is 46.3 Å². The summed E-state index contributed by atoms with van der Waals surface area (Å²) in [5, 5.41) is 0. The van der Waals surface area contributed by atoms with Crippen LogP contribution in [0.25, 0.3) is 0 Å². The van der Waals surface area contributed by atoms with E-state index in [1.807, 2.05) is 4.90 Å². The highest BCUT2D eigenvalue weighted by Gasteiger charge is 2.30. The molecule has 3 heteroatoms. The molecule has 0 aromatic heterocycles. The van der Waals surface area contributed by atoms with Crippen molar-refractivity contribution >= 4 is 5.91 Å². The Balaban J connectivity index is 2.55. The maximum atomic E-state index is 11.6. The summed E-state index contributed by atoms with van der Waals surface area (Å²) in [5.74, 6) is 2.05. The molecule has 0 saturated carbocycles. The van der Waals surface area contributed by atoms with Crippen molar-refractivity contribution in [2.45, 2.75) is 40.2 Å². The highest BCUT2D eigenvalue weighted by Crippen LogP contribution is 2.23. The second kappa shape index (κ2) is 4.97. The lowest BCUT2D eigenvalue weighted by atomic mass is 9.85. The fraction of sp³-hybridized carbons (Fsp3) is 0.917. The minimum atomic E-state index is 0.0532. The minimum Gasteiger partial charge on any atom is -0.341 e. The van der Waals surface area contributed by atoms with Gasteiger partial charge in [-0.2, -0.15) is 0 Å². The lowest BCUT2D eigenvalue weighted by Crippen LogP contribution is -2.36. The first kappa shape index (κ1) is 12.5. The first-order valence-corrected chi connectivity index (χ1v) is 5.95. The SMILES string of the molecule is CC(C)C(CN1CC(N)CC1=O)C(C)C. The van der Waals surface area contributed by atoms with E-state index in [-0.39, 0.29) is 11.9 Å². The average molecular weight is 212 g/mol. The summed E-state index contributed by atoms with van der Waals surface area (Å²) in [6.07, 6.45) is 0.531. The molecule has 2 N–H and O–H groups in total. The monoisotopic (exact) mass is 212 g/mol. The van der Waals surface area contributed by atoms with Gasteiger partial charge in [-0.3, -0.25) is 4.79 Å². The standard InChI is InChI=1S/C12H24N2O/c1-8(2)11(9(3)4)7-14-6-10(13)5-12(14)15/h8-11H,5-7,13H2,1-4H3. The van der Waals surface area contributed by atoms with Gasteiger partial charge in [0.25, 0.3) is 0 Å². The van der Waals surface area contributed by atoms with Gasteiger partial charge >= 0.3 is 0 Å². The van der Waals surface area contributed by atoms with Crippen LogP contribution in [0, 0.1) is 17.8 Å². The van der Waals surface area contributed by atoms with Crippen LogP contribution in [0.3, 0.4) is 0 Å². The van der Waals surface area contributed by atoms with Crippen LogP contribution in [0.4, 0.5) is 0 Å². The number of carbonyl (C=O) groups is 1. The smallest absolute Gasteiger partial charge is 0.224 e. The zero-order valence-electron chi connectivity index (χ0n) is 10.4. The Morgan fingerprint density at radius 2 is 1.87 bits per heavy atom. The van der Waals surface area contributed by atoms with Crippen molar-refractivity contribution in [1.82, 2.24) is 4.90 Å².